The molecule has 0 saturated heterocycles. The molecule has 2 aromatic rings. The van der Waals surface area contributed by atoms with Gasteiger partial charge in [0.15, 0.2) is 0 Å². The number of nitrogens with zero attached hydrogens (tertiary/aromatic N) is 2. The van der Waals surface area contributed by atoms with Gasteiger partial charge in [0.05, 0.1) is 25.0 Å². The lowest BCUT2D eigenvalue weighted by molar-refractivity contribution is 0.266. The Morgan fingerprint density at radius 3 is 2.75 bits per heavy atom. The molecular weight excluding hydrogens is 278 g/mol. The third-order valence-electron chi connectivity index (χ3n) is 2.97. The molecule has 0 aliphatic carbocycles. The molecule has 2 rings (SSSR count). The molecule has 1 unspecified atom stereocenters. The van der Waals surface area contributed by atoms with Gasteiger partial charge in [0.2, 0.25) is 0 Å². The fraction of sp³-hybridized carbons (Fsp3) is 0.286. The molecule has 2 N–H and O–H groups in total. The molecule has 1 aromatic carbocycles. The van der Waals surface area contributed by atoms with Gasteiger partial charge in [-0.05, 0) is 12.5 Å². The van der Waals surface area contributed by atoms with E-state index in [1.807, 2.05) is 37.3 Å². The molecule has 106 valence electrons. The first-order chi connectivity index (χ1) is 9.63. The summed E-state index contributed by atoms with van der Waals surface area (Å²) in [6, 6.07) is 9.83. The standard InChI is InChI=1S/C14H16ClN3O2/c1-10(11-5-3-2-4-6-11)17-12-9-16-18(7-8-19)14(20)13(12)15/h2-6,9-10,17,19H,7-8H2,1H3. The maximum absolute atomic E-state index is 11.9. The monoisotopic (exact) mass is 293 g/mol. The van der Waals surface area contributed by atoms with Gasteiger partial charge in [-0.25, -0.2) is 4.68 Å². The molecule has 0 bridgehead atoms. The lowest BCUT2D eigenvalue weighted by atomic mass is 10.1. The summed E-state index contributed by atoms with van der Waals surface area (Å²) in [6.07, 6.45) is 1.50. The average Bonchev–Trinajstić information content (AvgIpc) is 2.48. The number of hydrogen-bond donors (Lipinski definition) is 2. The number of halogens is 1. The number of nitrogens with one attached hydrogen (secondary N) is 1. The number of anilines is 1. The lowest BCUT2D eigenvalue weighted by Gasteiger charge is -2.16. The Labute approximate surface area is 121 Å². The van der Waals surface area contributed by atoms with Gasteiger partial charge in [-0.2, -0.15) is 5.10 Å². The molecular formula is C14H16ClN3O2. The van der Waals surface area contributed by atoms with Gasteiger partial charge >= 0.3 is 0 Å². The van der Waals surface area contributed by atoms with E-state index < -0.39 is 5.56 Å². The van der Waals surface area contributed by atoms with E-state index >= 15 is 0 Å². The van der Waals surface area contributed by atoms with Crippen LogP contribution in [0, 0.1) is 0 Å². The second kappa shape index (κ2) is 6.54. The van der Waals surface area contributed by atoms with Crippen molar-refractivity contribution in [3.63, 3.8) is 0 Å². The van der Waals surface area contributed by atoms with Gasteiger partial charge in [0, 0.05) is 6.04 Å². The van der Waals surface area contributed by atoms with E-state index in [0.29, 0.717) is 5.69 Å². The Balaban J connectivity index is 2.22. The summed E-state index contributed by atoms with van der Waals surface area (Å²) in [6.45, 7) is 1.95. The van der Waals surface area contributed by atoms with Crippen LogP contribution in [0.2, 0.25) is 5.02 Å². The molecule has 0 aliphatic rings. The van der Waals surface area contributed by atoms with Crippen LogP contribution in [0.4, 0.5) is 5.69 Å². The van der Waals surface area contributed by atoms with Gasteiger partial charge < -0.3 is 10.4 Å². The minimum Gasteiger partial charge on any atom is -0.394 e. The van der Waals surface area contributed by atoms with E-state index in [2.05, 4.69) is 10.4 Å². The van der Waals surface area contributed by atoms with Crippen molar-refractivity contribution in [3.8, 4) is 0 Å². The molecule has 0 aliphatic heterocycles. The van der Waals surface area contributed by atoms with Gasteiger partial charge in [-0.1, -0.05) is 41.9 Å². The predicted molar refractivity (Wildman–Crippen MR) is 79.1 cm³/mol. The quantitative estimate of drug-likeness (QED) is 0.885. The molecule has 0 radical (unpaired) electrons. The van der Waals surface area contributed by atoms with Crippen LogP contribution in [0.5, 0.6) is 0 Å². The maximum atomic E-state index is 11.9. The summed E-state index contributed by atoms with van der Waals surface area (Å²) < 4.78 is 1.14. The highest BCUT2D eigenvalue weighted by Crippen LogP contribution is 2.22. The number of rotatable bonds is 5. The van der Waals surface area contributed by atoms with Crippen LogP contribution < -0.4 is 10.9 Å². The third-order valence-corrected chi connectivity index (χ3v) is 3.33. The minimum atomic E-state index is -0.411. The van der Waals surface area contributed by atoms with E-state index in [1.54, 1.807) is 0 Å². The van der Waals surface area contributed by atoms with Crippen LogP contribution in [-0.4, -0.2) is 21.5 Å². The molecule has 0 saturated carbocycles. The van der Waals surface area contributed by atoms with E-state index in [0.717, 1.165) is 10.2 Å². The van der Waals surface area contributed by atoms with E-state index in [-0.39, 0.29) is 24.2 Å². The van der Waals surface area contributed by atoms with Crippen molar-refractivity contribution < 1.29 is 5.11 Å². The molecule has 1 heterocycles. The molecule has 0 amide bonds. The Bertz CT molecular complexity index is 628. The Hall–Kier alpha value is -1.85. The number of hydrogen-bond acceptors (Lipinski definition) is 4. The molecule has 1 atom stereocenters. The van der Waals surface area contributed by atoms with Crippen LogP contribution in [0.1, 0.15) is 18.5 Å². The topological polar surface area (TPSA) is 67.2 Å². The summed E-state index contributed by atoms with van der Waals surface area (Å²) in [5, 5.41) is 16.1. The number of aromatic nitrogens is 2. The zero-order chi connectivity index (χ0) is 14.5. The van der Waals surface area contributed by atoms with Crippen molar-refractivity contribution in [2.45, 2.75) is 19.5 Å². The lowest BCUT2D eigenvalue weighted by Crippen LogP contribution is -2.26. The number of aliphatic hydroxyl groups is 1. The summed E-state index contributed by atoms with van der Waals surface area (Å²) >= 11 is 6.05. The van der Waals surface area contributed by atoms with E-state index in [1.165, 1.54) is 6.20 Å². The van der Waals surface area contributed by atoms with Crippen molar-refractivity contribution in [1.82, 2.24) is 9.78 Å². The van der Waals surface area contributed by atoms with Gasteiger partial charge in [-0.3, -0.25) is 4.79 Å². The first-order valence-electron chi connectivity index (χ1n) is 6.31. The highest BCUT2D eigenvalue weighted by Gasteiger charge is 2.12. The summed E-state index contributed by atoms with van der Waals surface area (Å²) in [4.78, 5) is 11.9. The predicted octanol–water partition coefficient (Wildman–Crippen LogP) is 2.06. The van der Waals surface area contributed by atoms with Crippen molar-refractivity contribution in [2.75, 3.05) is 11.9 Å². The molecule has 20 heavy (non-hydrogen) atoms. The highest BCUT2D eigenvalue weighted by atomic mass is 35.5. The molecule has 0 fully saturated rings. The van der Waals surface area contributed by atoms with Gasteiger partial charge in [0.1, 0.15) is 5.02 Å². The molecule has 5 nitrogen and oxygen atoms in total. The van der Waals surface area contributed by atoms with Crippen LogP contribution in [0.3, 0.4) is 0 Å². The highest BCUT2D eigenvalue weighted by molar-refractivity contribution is 6.32. The summed E-state index contributed by atoms with van der Waals surface area (Å²) in [5.74, 6) is 0. The van der Waals surface area contributed by atoms with Crippen molar-refractivity contribution in [3.05, 3.63) is 57.5 Å². The third kappa shape index (κ3) is 3.18. The second-order valence-electron chi connectivity index (χ2n) is 4.40. The van der Waals surface area contributed by atoms with Crippen molar-refractivity contribution >= 4 is 17.3 Å². The van der Waals surface area contributed by atoms with Gasteiger partial charge in [-0.15, -0.1) is 0 Å². The van der Waals surface area contributed by atoms with Crippen molar-refractivity contribution in [2.24, 2.45) is 0 Å². The first-order valence-corrected chi connectivity index (χ1v) is 6.69. The van der Waals surface area contributed by atoms with Crippen LogP contribution >= 0.6 is 11.6 Å². The number of benzene rings is 1. The van der Waals surface area contributed by atoms with Gasteiger partial charge in [0.25, 0.3) is 5.56 Å². The summed E-state index contributed by atoms with van der Waals surface area (Å²) in [7, 11) is 0. The Morgan fingerprint density at radius 1 is 1.40 bits per heavy atom. The SMILES string of the molecule is CC(Nc1cnn(CCO)c(=O)c1Cl)c1ccccc1. The zero-order valence-corrected chi connectivity index (χ0v) is 11.8. The molecule has 0 spiro atoms. The average molecular weight is 294 g/mol. The normalized spacial score (nSPS) is 12.2. The fourth-order valence-electron chi connectivity index (χ4n) is 1.88. The smallest absolute Gasteiger partial charge is 0.287 e. The van der Waals surface area contributed by atoms with E-state index in [9.17, 15) is 4.79 Å². The van der Waals surface area contributed by atoms with Crippen LogP contribution in [0.25, 0.3) is 0 Å². The molecule has 6 heteroatoms. The Kier molecular flexibility index (Phi) is 4.76. The maximum Gasteiger partial charge on any atom is 0.287 e. The fourth-order valence-corrected chi connectivity index (χ4v) is 2.08. The van der Waals surface area contributed by atoms with Crippen LogP contribution in [0.15, 0.2) is 41.3 Å². The second-order valence-corrected chi connectivity index (χ2v) is 4.78. The minimum absolute atomic E-state index is 0.00333. The molecule has 1 aromatic heterocycles. The first kappa shape index (κ1) is 14.6. The van der Waals surface area contributed by atoms with Crippen LogP contribution in [-0.2, 0) is 6.54 Å². The zero-order valence-electron chi connectivity index (χ0n) is 11.1. The largest absolute Gasteiger partial charge is 0.394 e. The van der Waals surface area contributed by atoms with E-state index in [4.69, 9.17) is 16.7 Å². The Morgan fingerprint density at radius 2 is 2.10 bits per heavy atom. The number of aliphatic hydroxyl groups excluding tert-OH is 1. The van der Waals surface area contributed by atoms with Crippen molar-refractivity contribution in [1.29, 1.82) is 0 Å². The summed E-state index contributed by atoms with van der Waals surface area (Å²) in [5.41, 5.74) is 1.16.